The molecule has 0 saturated carbocycles. The Morgan fingerprint density at radius 2 is 2.00 bits per heavy atom. The van der Waals surface area contributed by atoms with E-state index in [4.69, 9.17) is 17.0 Å². The summed E-state index contributed by atoms with van der Waals surface area (Å²) >= 11 is 4.96. The van der Waals surface area contributed by atoms with E-state index in [2.05, 4.69) is 15.0 Å². The third-order valence-electron chi connectivity index (χ3n) is 2.70. The summed E-state index contributed by atoms with van der Waals surface area (Å²) in [4.78, 5) is 20.3. The van der Waals surface area contributed by atoms with Gasteiger partial charge >= 0.3 is 0 Å². The second-order valence-electron chi connectivity index (χ2n) is 3.69. The second-order valence-corrected chi connectivity index (χ2v) is 4.10. The van der Waals surface area contributed by atoms with Crippen LogP contribution in [0.4, 0.5) is 0 Å². The van der Waals surface area contributed by atoms with E-state index in [1.54, 1.807) is 7.11 Å². The van der Waals surface area contributed by atoms with Gasteiger partial charge in [0.1, 0.15) is 11.3 Å². The molecule has 0 amide bonds. The summed E-state index contributed by atoms with van der Waals surface area (Å²) in [6.07, 6.45) is 0. The number of benzene rings is 1. The molecule has 5 nitrogen and oxygen atoms in total. The molecular formula is C11H9N3O2S. The maximum atomic E-state index is 11.7. The number of aromatic amines is 3. The fourth-order valence-electron chi connectivity index (χ4n) is 1.91. The normalized spacial score (nSPS) is 11.1. The number of hydrogen-bond acceptors (Lipinski definition) is 3. The molecule has 1 aromatic carbocycles. The van der Waals surface area contributed by atoms with Gasteiger partial charge in [0, 0.05) is 10.9 Å². The molecule has 3 rings (SSSR count). The molecule has 0 aliphatic carbocycles. The lowest BCUT2D eigenvalue weighted by Gasteiger charge is -1.98. The van der Waals surface area contributed by atoms with Crippen LogP contribution < -0.4 is 10.3 Å². The number of hydrogen-bond donors (Lipinski definition) is 3. The van der Waals surface area contributed by atoms with Gasteiger partial charge in [0.15, 0.2) is 4.77 Å². The minimum Gasteiger partial charge on any atom is -0.497 e. The molecule has 6 heteroatoms. The van der Waals surface area contributed by atoms with E-state index in [1.165, 1.54) is 0 Å². The lowest BCUT2D eigenvalue weighted by molar-refractivity contribution is 0.415. The Labute approximate surface area is 100 Å². The van der Waals surface area contributed by atoms with Crippen molar-refractivity contribution in [2.75, 3.05) is 7.11 Å². The van der Waals surface area contributed by atoms with Crippen molar-refractivity contribution >= 4 is 34.2 Å². The third kappa shape index (κ3) is 1.45. The largest absolute Gasteiger partial charge is 0.497 e. The molecule has 3 aromatic rings. The first-order valence-corrected chi connectivity index (χ1v) is 5.42. The number of fused-ring (bicyclic) bond motifs is 3. The Bertz CT molecular complexity index is 828. The summed E-state index contributed by atoms with van der Waals surface area (Å²) < 4.78 is 5.47. The van der Waals surface area contributed by atoms with Crippen molar-refractivity contribution in [3.8, 4) is 5.75 Å². The predicted octanol–water partition coefficient (Wildman–Crippen LogP) is 2.08. The molecule has 0 fully saturated rings. The fourth-order valence-corrected chi connectivity index (χ4v) is 2.10. The highest BCUT2D eigenvalue weighted by atomic mass is 32.1. The van der Waals surface area contributed by atoms with Crippen LogP contribution in [0.15, 0.2) is 23.0 Å². The molecule has 86 valence electrons. The van der Waals surface area contributed by atoms with Crippen molar-refractivity contribution in [1.29, 1.82) is 0 Å². The van der Waals surface area contributed by atoms with Crippen LogP contribution in [0.25, 0.3) is 21.9 Å². The van der Waals surface area contributed by atoms with Crippen LogP contribution in [0.2, 0.25) is 0 Å². The van der Waals surface area contributed by atoms with Crippen molar-refractivity contribution in [3.05, 3.63) is 33.3 Å². The molecular weight excluding hydrogens is 238 g/mol. The third-order valence-corrected chi connectivity index (χ3v) is 2.90. The Hall–Kier alpha value is -2.08. The number of rotatable bonds is 1. The molecule has 3 N–H and O–H groups in total. The van der Waals surface area contributed by atoms with E-state index in [0.29, 0.717) is 15.8 Å². The average molecular weight is 247 g/mol. The van der Waals surface area contributed by atoms with Gasteiger partial charge < -0.3 is 14.7 Å². The van der Waals surface area contributed by atoms with Crippen LogP contribution in [0, 0.1) is 4.77 Å². The van der Waals surface area contributed by atoms with E-state index in [1.807, 2.05) is 18.2 Å². The molecule has 0 aliphatic heterocycles. The number of methoxy groups -OCH3 is 1. The number of nitrogens with one attached hydrogen (secondary N) is 3. The van der Waals surface area contributed by atoms with Crippen LogP contribution in [-0.4, -0.2) is 22.1 Å². The molecule has 0 aliphatic rings. The van der Waals surface area contributed by atoms with Crippen molar-refractivity contribution < 1.29 is 4.74 Å². The van der Waals surface area contributed by atoms with E-state index >= 15 is 0 Å². The summed E-state index contributed by atoms with van der Waals surface area (Å²) in [5, 5.41) is 0.886. The predicted molar refractivity (Wildman–Crippen MR) is 68.2 cm³/mol. The lowest BCUT2D eigenvalue weighted by Crippen LogP contribution is -2.07. The van der Waals surface area contributed by atoms with Gasteiger partial charge in [-0.25, -0.2) is 0 Å². The molecule has 0 bridgehead atoms. The Balaban J connectivity index is 2.57. The summed E-state index contributed by atoms with van der Waals surface area (Å²) in [5.41, 5.74) is 1.83. The van der Waals surface area contributed by atoms with Crippen molar-refractivity contribution in [2.45, 2.75) is 0 Å². The Morgan fingerprint density at radius 3 is 2.76 bits per heavy atom. The highest BCUT2D eigenvalue weighted by molar-refractivity contribution is 7.71. The maximum absolute atomic E-state index is 11.7. The minimum absolute atomic E-state index is 0.223. The minimum atomic E-state index is -0.223. The fraction of sp³-hybridized carbons (Fsp3) is 0.0909. The molecule has 0 atom stereocenters. The zero-order chi connectivity index (χ0) is 12.0. The topological polar surface area (TPSA) is 73.7 Å². The van der Waals surface area contributed by atoms with Crippen LogP contribution in [0.3, 0.4) is 0 Å². The van der Waals surface area contributed by atoms with Crippen molar-refractivity contribution in [1.82, 2.24) is 15.0 Å². The SMILES string of the molecule is COc1ccc2[nH]c3c(=O)[nH]c(=S)[nH]c3c2c1. The van der Waals surface area contributed by atoms with Crippen molar-refractivity contribution in [3.63, 3.8) is 0 Å². The summed E-state index contributed by atoms with van der Waals surface area (Å²) in [7, 11) is 1.60. The van der Waals surface area contributed by atoms with Crippen LogP contribution in [-0.2, 0) is 0 Å². The van der Waals surface area contributed by atoms with E-state index in [0.717, 1.165) is 16.7 Å². The van der Waals surface area contributed by atoms with Crippen LogP contribution >= 0.6 is 12.2 Å². The summed E-state index contributed by atoms with van der Waals surface area (Å²) in [6.45, 7) is 0. The first-order chi connectivity index (χ1) is 8.19. The van der Waals surface area contributed by atoms with E-state index in [9.17, 15) is 4.79 Å². The van der Waals surface area contributed by atoms with Gasteiger partial charge in [-0.2, -0.15) is 0 Å². The molecule has 0 saturated heterocycles. The molecule has 0 spiro atoms. The number of ether oxygens (including phenoxy) is 1. The first kappa shape index (κ1) is 10.1. The summed E-state index contributed by atoms with van der Waals surface area (Å²) in [5.74, 6) is 0.734. The van der Waals surface area contributed by atoms with Gasteiger partial charge in [0.25, 0.3) is 5.56 Å². The lowest BCUT2D eigenvalue weighted by atomic mass is 10.2. The van der Waals surface area contributed by atoms with Gasteiger partial charge in [-0.1, -0.05) is 0 Å². The van der Waals surface area contributed by atoms with Gasteiger partial charge in [-0.15, -0.1) is 0 Å². The molecule has 0 unspecified atom stereocenters. The smallest absolute Gasteiger partial charge is 0.276 e. The number of H-pyrrole nitrogens is 3. The number of aromatic nitrogens is 3. The second kappa shape index (κ2) is 3.46. The zero-order valence-electron chi connectivity index (χ0n) is 8.96. The highest BCUT2D eigenvalue weighted by Crippen LogP contribution is 2.25. The quantitative estimate of drug-likeness (QED) is 0.576. The monoisotopic (exact) mass is 247 g/mol. The van der Waals surface area contributed by atoms with Crippen LogP contribution in [0.1, 0.15) is 0 Å². The van der Waals surface area contributed by atoms with Gasteiger partial charge in [-0.05, 0) is 30.4 Å². The van der Waals surface area contributed by atoms with Crippen LogP contribution in [0.5, 0.6) is 5.75 Å². The first-order valence-electron chi connectivity index (χ1n) is 5.01. The molecule has 2 aromatic heterocycles. The molecule has 2 heterocycles. The summed E-state index contributed by atoms with van der Waals surface area (Å²) in [6, 6.07) is 5.56. The van der Waals surface area contributed by atoms with Crippen molar-refractivity contribution in [2.24, 2.45) is 0 Å². The zero-order valence-corrected chi connectivity index (χ0v) is 9.77. The van der Waals surface area contributed by atoms with Gasteiger partial charge in [0.2, 0.25) is 0 Å². The Kier molecular flexibility index (Phi) is 2.05. The highest BCUT2D eigenvalue weighted by Gasteiger charge is 2.08. The average Bonchev–Trinajstić information content (AvgIpc) is 2.67. The maximum Gasteiger partial charge on any atom is 0.276 e. The van der Waals surface area contributed by atoms with Gasteiger partial charge in [0.05, 0.1) is 12.6 Å². The van der Waals surface area contributed by atoms with E-state index < -0.39 is 0 Å². The molecule has 0 radical (unpaired) electrons. The molecule has 17 heavy (non-hydrogen) atoms. The Morgan fingerprint density at radius 1 is 1.18 bits per heavy atom. The standard InChI is InChI=1S/C11H9N3O2S/c1-16-5-2-3-7-6(4-5)8-9(12-7)10(15)14-11(17)13-8/h2-4,12H,1H3,(H2,13,14,15,17). The van der Waals surface area contributed by atoms with E-state index in [-0.39, 0.29) is 5.56 Å². The van der Waals surface area contributed by atoms with Gasteiger partial charge in [-0.3, -0.25) is 9.78 Å².